The molecule has 0 aromatic heterocycles. The van der Waals surface area contributed by atoms with E-state index in [1.165, 1.54) is 7.11 Å². The predicted molar refractivity (Wildman–Crippen MR) is 77.4 cm³/mol. The number of nitrogens with zero attached hydrogens (tertiary/aromatic N) is 1. The third-order valence-electron chi connectivity index (χ3n) is 2.61. The Morgan fingerprint density at radius 3 is 2.68 bits per heavy atom. The van der Waals surface area contributed by atoms with Gasteiger partial charge in [-0.25, -0.2) is 0 Å². The lowest BCUT2D eigenvalue weighted by Crippen LogP contribution is -2.28. The normalized spacial score (nSPS) is 10.1. The molecule has 4 nitrogen and oxygen atoms in total. The predicted octanol–water partition coefficient (Wildman–Crippen LogP) is 3.13. The monoisotopic (exact) mass is 347 g/mol. The number of benzene rings is 1. The molecular weight excluding hydrogens is 334 g/mol. The van der Waals surface area contributed by atoms with Crippen LogP contribution >= 0.6 is 27.5 Å². The van der Waals surface area contributed by atoms with Crippen molar-refractivity contribution in [2.45, 2.75) is 12.8 Å². The minimum Gasteiger partial charge on any atom is -0.469 e. The van der Waals surface area contributed by atoms with Gasteiger partial charge in [0, 0.05) is 29.5 Å². The summed E-state index contributed by atoms with van der Waals surface area (Å²) in [7, 11) is 3.04. The molecule has 1 rings (SSSR count). The summed E-state index contributed by atoms with van der Waals surface area (Å²) in [5.41, 5.74) is 0.546. The first kappa shape index (κ1) is 16.0. The van der Waals surface area contributed by atoms with Crippen LogP contribution in [0.25, 0.3) is 0 Å². The van der Waals surface area contributed by atoms with E-state index in [0.29, 0.717) is 34.4 Å². The van der Waals surface area contributed by atoms with Gasteiger partial charge in [-0.3, -0.25) is 9.59 Å². The highest BCUT2D eigenvalue weighted by atomic mass is 79.9. The fourth-order valence-electron chi connectivity index (χ4n) is 1.53. The number of halogens is 2. The number of esters is 1. The lowest BCUT2D eigenvalue weighted by Gasteiger charge is -2.17. The molecule has 0 spiro atoms. The fraction of sp³-hybridized carbons (Fsp3) is 0.385. The van der Waals surface area contributed by atoms with Crippen molar-refractivity contribution < 1.29 is 14.3 Å². The summed E-state index contributed by atoms with van der Waals surface area (Å²) in [6.07, 6.45) is 0.871. The molecule has 0 N–H and O–H groups in total. The highest BCUT2D eigenvalue weighted by Crippen LogP contribution is 2.22. The van der Waals surface area contributed by atoms with Gasteiger partial charge in [-0.15, -0.1) is 0 Å². The van der Waals surface area contributed by atoms with Crippen LogP contribution in [0.5, 0.6) is 0 Å². The summed E-state index contributed by atoms with van der Waals surface area (Å²) >= 11 is 9.14. The molecule has 19 heavy (non-hydrogen) atoms. The van der Waals surface area contributed by atoms with Crippen LogP contribution in [0, 0.1) is 0 Å². The first-order valence-electron chi connectivity index (χ1n) is 5.73. The van der Waals surface area contributed by atoms with Gasteiger partial charge in [0.05, 0.1) is 12.7 Å². The van der Waals surface area contributed by atoms with Crippen molar-refractivity contribution in [1.82, 2.24) is 4.90 Å². The molecule has 0 aliphatic heterocycles. The smallest absolute Gasteiger partial charge is 0.305 e. The molecule has 0 aliphatic carbocycles. The molecule has 0 aliphatic rings. The number of rotatable bonds is 5. The molecule has 0 fully saturated rings. The van der Waals surface area contributed by atoms with Crippen LogP contribution in [-0.4, -0.2) is 37.5 Å². The van der Waals surface area contributed by atoms with E-state index in [0.717, 1.165) is 0 Å². The SMILES string of the molecule is COC(=O)CCCN(C)C(=O)c1ccc(Cl)cc1Br. The molecule has 1 aromatic rings. The van der Waals surface area contributed by atoms with Gasteiger partial charge in [-0.1, -0.05) is 11.6 Å². The Bertz CT molecular complexity index is 479. The van der Waals surface area contributed by atoms with Crippen LogP contribution in [-0.2, 0) is 9.53 Å². The third-order valence-corrected chi connectivity index (χ3v) is 3.50. The van der Waals surface area contributed by atoms with Crippen molar-refractivity contribution in [2.75, 3.05) is 20.7 Å². The maximum absolute atomic E-state index is 12.2. The van der Waals surface area contributed by atoms with E-state index in [-0.39, 0.29) is 11.9 Å². The minimum absolute atomic E-state index is 0.117. The first-order valence-corrected chi connectivity index (χ1v) is 6.90. The van der Waals surface area contributed by atoms with Gasteiger partial charge in [0.15, 0.2) is 0 Å². The van der Waals surface area contributed by atoms with Crippen molar-refractivity contribution >= 4 is 39.4 Å². The number of hydrogen-bond donors (Lipinski definition) is 0. The quantitative estimate of drug-likeness (QED) is 0.768. The second-order valence-corrected chi connectivity index (χ2v) is 5.32. The van der Waals surface area contributed by atoms with E-state index in [2.05, 4.69) is 20.7 Å². The molecule has 104 valence electrons. The molecule has 0 unspecified atom stereocenters. The third kappa shape index (κ3) is 4.84. The van der Waals surface area contributed by atoms with E-state index < -0.39 is 0 Å². The van der Waals surface area contributed by atoms with Crippen LogP contribution < -0.4 is 0 Å². The summed E-state index contributed by atoms with van der Waals surface area (Å²) in [6.45, 7) is 0.489. The van der Waals surface area contributed by atoms with E-state index in [1.807, 2.05) is 0 Å². The van der Waals surface area contributed by atoms with Gasteiger partial charge in [-0.05, 0) is 40.5 Å². The van der Waals surface area contributed by atoms with E-state index in [4.69, 9.17) is 11.6 Å². The number of amides is 1. The molecule has 1 aromatic carbocycles. The molecule has 0 bridgehead atoms. The van der Waals surface area contributed by atoms with Crippen LogP contribution in [0.1, 0.15) is 23.2 Å². The second kappa shape index (κ2) is 7.50. The second-order valence-electron chi connectivity index (χ2n) is 4.03. The minimum atomic E-state index is -0.270. The topological polar surface area (TPSA) is 46.6 Å². The van der Waals surface area contributed by atoms with Crippen LogP contribution in [0.4, 0.5) is 0 Å². The number of carbonyl (C=O) groups excluding carboxylic acids is 2. The molecule has 6 heteroatoms. The maximum Gasteiger partial charge on any atom is 0.305 e. The maximum atomic E-state index is 12.2. The summed E-state index contributed by atoms with van der Waals surface area (Å²) in [6, 6.07) is 5.02. The lowest BCUT2D eigenvalue weighted by atomic mass is 10.2. The molecule has 0 saturated carbocycles. The van der Waals surface area contributed by atoms with Crippen molar-refractivity contribution in [2.24, 2.45) is 0 Å². The molecule has 0 radical (unpaired) electrons. The van der Waals surface area contributed by atoms with Gasteiger partial charge < -0.3 is 9.64 Å². The van der Waals surface area contributed by atoms with Crippen LogP contribution in [0.3, 0.4) is 0 Å². The average Bonchev–Trinajstić information content (AvgIpc) is 2.37. The van der Waals surface area contributed by atoms with Crippen molar-refractivity contribution in [3.63, 3.8) is 0 Å². The first-order chi connectivity index (χ1) is 8.95. The van der Waals surface area contributed by atoms with Crippen molar-refractivity contribution in [3.8, 4) is 0 Å². The van der Waals surface area contributed by atoms with Gasteiger partial charge in [0.1, 0.15) is 0 Å². The highest BCUT2D eigenvalue weighted by molar-refractivity contribution is 9.10. The molecule has 0 heterocycles. The zero-order chi connectivity index (χ0) is 14.4. The number of carbonyl (C=O) groups is 2. The highest BCUT2D eigenvalue weighted by Gasteiger charge is 2.15. The standard InChI is InChI=1S/C13H15BrClNO3/c1-16(7-3-4-12(17)19-2)13(18)10-6-5-9(15)8-11(10)14/h5-6,8H,3-4,7H2,1-2H3. The zero-order valence-electron chi connectivity index (χ0n) is 10.8. The van der Waals surface area contributed by atoms with Crippen molar-refractivity contribution in [1.29, 1.82) is 0 Å². The Hall–Kier alpha value is -1.07. The van der Waals surface area contributed by atoms with Gasteiger partial charge >= 0.3 is 5.97 Å². The molecule has 1 amide bonds. The van der Waals surface area contributed by atoms with E-state index >= 15 is 0 Å². The Kier molecular flexibility index (Phi) is 6.31. The average molecular weight is 349 g/mol. The largest absolute Gasteiger partial charge is 0.469 e. The molecular formula is C13H15BrClNO3. The van der Waals surface area contributed by atoms with E-state index in [9.17, 15) is 9.59 Å². The Balaban J connectivity index is 2.59. The Labute approximate surface area is 125 Å². The number of ether oxygens (including phenoxy) is 1. The van der Waals surface area contributed by atoms with Gasteiger partial charge in [0.25, 0.3) is 5.91 Å². The van der Waals surface area contributed by atoms with Gasteiger partial charge in [0.2, 0.25) is 0 Å². The van der Waals surface area contributed by atoms with Crippen molar-refractivity contribution in [3.05, 3.63) is 33.3 Å². The lowest BCUT2D eigenvalue weighted by molar-refractivity contribution is -0.140. The summed E-state index contributed by atoms with van der Waals surface area (Å²) in [5.74, 6) is -0.387. The summed E-state index contributed by atoms with van der Waals surface area (Å²) in [5, 5.41) is 0.566. The van der Waals surface area contributed by atoms with Crippen LogP contribution in [0.2, 0.25) is 5.02 Å². The van der Waals surface area contributed by atoms with Crippen LogP contribution in [0.15, 0.2) is 22.7 Å². The van der Waals surface area contributed by atoms with Gasteiger partial charge in [-0.2, -0.15) is 0 Å². The summed E-state index contributed by atoms with van der Waals surface area (Å²) < 4.78 is 5.20. The summed E-state index contributed by atoms with van der Waals surface area (Å²) in [4.78, 5) is 24.7. The molecule has 0 atom stereocenters. The zero-order valence-corrected chi connectivity index (χ0v) is 13.1. The number of hydrogen-bond acceptors (Lipinski definition) is 3. The fourth-order valence-corrected chi connectivity index (χ4v) is 2.39. The number of methoxy groups -OCH3 is 1. The van der Waals surface area contributed by atoms with E-state index in [1.54, 1.807) is 30.1 Å². The Morgan fingerprint density at radius 1 is 1.42 bits per heavy atom. The molecule has 0 saturated heterocycles. The Morgan fingerprint density at radius 2 is 2.11 bits per heavy atom.